The van der Waals surface area contributed by atoms with E-state index in [4.69, 9.17) is 4.74 Å². The first-order valence-electron chi connectivity index (χ1n) is 6.43. The lowest BCUT2D eigenvalue weighted by molar-refractivity contribution is -0.153. The van der Waals surface area contributed by atoms with Crippen LogP contribution in [0.1, 0.15) is 26.3 Å². The van der Waals surface area contributed by atoms with E-state index < -0.39 is 5.60 Å². The number of benzene rings is 1. The molecule has 0 aliphatic heterocycles. The molecule has 0 atom stereocenters. The van der Waals surface area contributed by atoms with Gasteiger partial charge in [-0.1, -0.05) is 12.1 Å². The van der Waals surface area contributed by atoms with Crippen molar-refractivity contribution >= 4 is 16.9 Å². The van der Waals surface area contributed by atoms with Gasteiger partial charge in [0.25, 0.3) is 0 Å². The third kappa shape index (κ3) is 3.83. The zero-order chi connectivity index (χ0) is 13.9. The van der Waals surface area contributed by atoms with E-state index in [1.54, 1.807) is 0 Å². The first-order chi connectivity index (χ1) is 8.96. The molecule has 1 heterocycles. The first-order valence-corrected chi connectivity index (χ1v) is 6.43. The number of rotatable bonds is 4. The maximum atomic E-state index is 11.6. The second-order valence-electron chi connectivity index (χ2n) is 5.55. The minimum absolute atomic E-state index is 0.220. The van der Waals surface area contributed by atoms with Gasteiger partial charge in [-0.3, -0.25) is 4.79 Å². The fourth-order valence-electron chi connectivity index (χ4n) is 1.98. The molecule has 2 aromatic rings. The maximum absolute atomic E-state index is 11.6. The Bertz CT molecular complexity index is 567. The molecule has 2 N–H and O–H groups in total. The van der Waals surface area contributed by atoms with Crippen LogP contribution >= 0.6 is 0 Å². The standard InChI is InChI=1S/C15H20N2O2/c1-15(2,3)19-14(18)10-16-9-11-5-4-6-13-12(11)7-8-17-13/h4-8,16-17H,9-10H2,1-3H3. The molecule has 0 radical (unpaired) electrons. The zero-order valence-corrected chi connectivity index (χ0v) is 11.6. The summed E-state index contributed by atoms with van der Waals surface area (Å²) in [6.45, 7) is 6.47. The van der Waals surface area contributed by atoms with E-state index in [0.717, 1.165) is 5.52 Å². The summed E-state index contributed by atoms with van der Waals surface area (Å²) in [5.74, 6) is -0.228. The molecular weight excluding hydrogens is 240 g/mol. The Hall–Kier alpha value is -1.81. The van der Waals surface area contributed by atoms with Crippen molar-refractivity contribution in [3.8, 4) is 0 Å². The number of hydrogen-bond acceptors (Lipinski definition) is 3. The van der Waals surface area contributed by atoms with Gasteiger partial charge in [0.1, 0.15) is 5.60 Å². The second kappa shape index (κ2) is 5.45. The van der Waals surface area contributed by atoms with Crippen molar-refractivity contribution in [3.63, 3.8) is 0 Å². The molecular formula is C15H20N2O2. The van der Waals surface area contributed by atoms with Crippen molar-refractivity contribution in [2.75, 3.05) is 6.54 Å². The third-order valence-corrected chi connectivity index (χ3v) is 2.69. The lowest BCUT2D eigenvalue weighted by atomic mass is 10.1. The van der Waals surface area contributed by atoms with Crippen LogP contribution in [0.25, 0.3) is 10.9 Å². The molecule has 0 fully saturated rings. The summed E-state index contributed by atoms with van der Waals surface area (Å²) in [4.78, 5) is 14.7. The molecule has 2 rings (SSSR count). The summed E-state index contributed by atoms with van der Waals surface area (Å²) >= 11 is 0. The lowest BCUT2D eigenvalue weighted by Crippen LogP contribution is -2.31. The highest BCUT2D eigenvalue weighted by Crippen LogP contribution is 2.16. The van der Waals surface area contributed by atoms with E-state index >= 15 is 0 Å². The Morgan fingerprint density at radius 1 is 1.32 bits per heavy atom. The number of fused-ring (bicyclic) bond motifs is 1. The van der Waals surface area contributed by atoms with Crippen LogP contribution in [0, 0.1) is 0 Å². The van der Waals surface area contributed by atoms with Crippen LogP contribution in [0.3, 0.4) is 0 Å². The van der Waals surface area contributed by atoms with Gasteiger partial charge in [-0.25, -0.2) is 0 Å². The van der Waals surface area contributed by atoms with Crippen LogP contribution in [0.5, 0.6) is 0 Å². The highest BCUT2D eigenvalue weighted by Gasteiger charge is 2.15. The molecule has 102 valence electrons. The Morgan fingerprint density at radius 3 is 2.84 bits per heavy atom. The maximum Gasteiger partial charge on any atom is 0.320 e. The molecule has 0 aliphatic rings. The molecule has 0 aliphatic carbocycles. The number of aromatic amines is 1. The van der Waals surface area contributed by atoms with E-state index in [0.29, 0.717) is 6.54 Å². The van der Waals surface area contributed by atoms with Crippen LogP contribution in [0.4, 0.5) is 0 Å². The Morgan fingerprint density at radius 2 is 2.11 bits per heavy atom. The summed E-state index contributed by atoms with van der Waals surface area (Å²) in [7, 11) is 0. The summed E-state index contributed by atoms with van der Waals surface area (Å²) < 4.78 is 5.24. The fraction of sp³-hybridized carbons (Fsp3) is 0.400. The minimum atomic E-state index is -0.431. The Labute approximate surface area is 113 Å². The number of aromatic nitrogens is 1. The van der Waals surface area contributed by atoms with Crippen molar-refractivity contribution in [2.24, 2.45) is 0 Å². The number of ether oxygens (including phenoxy) is 1. The van der Waals surface area contributed by atoms with Crippen LogP contribution in [-0.2, 0) is 16.1 Å². The smallest absolute Gasteiger partial charge is 0.320 e. The monoisotopic (exact) mass is 260 g/mol. The summed E-state index contributed by atoms with van der Waals surface area (Å²) in [5.41, 5.74) is 1.85. The Kier molecular flexibility index (Phi) is 3.90. The highest BCUT2D eigenvalue weighted by atomic mass is 16.6. The van der Waals surface area contributed by atoms with Crippen LogP contribution in [-0.4, -0.2) is 23.1 Å². The number of carbonyl (C=O) groups excluding carboxylic acids is 1. The van der Waals surface area contributed by atoms with Gasteiger partial charge in [0.2, 0.25) is 0 Å². The molecule has 0 saturated heterocycles. The summed E-state index contributed by atoms with van der Waals surface area (Å²) in [6.07, 6.45) is 1.92. The number of carbonyl (C=O) groups is 1. The van der Waals surface area contributed by atoms with Crippen LogP contribution in [0.15, 0.2) is 30.5 Å². The predicted molar refractivity (Wildman–Crippen MR) is 75.9 cm³/mol. The quantitative estimate of drug-likeness (QED) is 0.831. The van der Waals surface area contributed by atoms with E-state index in [9.17, 15) is 4.79 Å². The van der Waals surface area contributed by atoms with Crippen molar-refractivity contribution in [1.82, 2.24) is 10.3 Å². The molecule has 0 unspecified atom stereocenters. The van der Waals surface area contributed by atoms with E-state index in [2.05, 4.69) is 16.4 Å². The average Bonchev–Trinajstić information content (AvgIpc) is 2.75. The van der Waals surface area contributed by atoms with Gasteiger partial charge in [0, 0.05) is 23.6 Å². The summed E-state index contributed by atoms with van der Waals surface area (Å²) in [6, 6.07) is 8.13. The molecule has 4 heteroatoms. The SMILES string of the molecule is CC(C)(C)OC(=O)CNCc1cccc2[nH]ccc12. The van der Waals surface area contributed by atoms with Gasteiger partial charge in [-0.05, 0) is 38.5 Å². The fourth-order valence-corrected chi connectivity index (χ4v) is 1.98. The van der Waals surface area contributed by atoms with Gasteiger partial charge in [0.15, 0.2) is 0 Å². The number of nitrogens with one attached hydrogen (secondary N) is 2. The van der Waals surface area contributed by atoms with E-state index in [1.807, 2.05) is 45.2 Å². The van der Waals surface area contributed by atoms with Crippen molar-refractivity contribution in [2.45, 2.75) is 32.9 Å². The predicted octanol–water partition coefficient (Wildman–Crippen LogP) is 2.60. The van der Waals surface area contributed by atoms with Crippen molar-refractivity contribution in [3.05, 3.63) is 36.0 Å². The van der Waals surface area contributed by atoms with E-state index in [-0.39, 0.29) is 12.5 Å². The summed E-state index contributed by atoms with van der Waals surface area (Å²) in [5, 5.41) is 4.30. The highest BCUT2D eigenvalue weighted by molar-refractivity contribution is 5.82. The lowest BCUT2D eigenvalue weighted by Gasteiger charge is -2.19. The first kappa shape index (κ1) is 13.6. The van der Waals surface area contributed by atoms with Crippen LogP contribution in [0.2, 0.25) is 0 Å². The molecule has 0 bridgehead atoms. The van der Waals surface area contributed by atoms with Gasteiger partial charge < -0.3 is 15.0 Å². The van der Waals surface area contributed by atoms with Crippen molar-refractivity contribution in [1.29, 1.82) is 0 Å². The van der Waals surface area contributed by atoms with Gasteiger partial charge in [-0.2, -0.15) is 0 Å². The normalized spacial score (nSPS) is 11.7. The third-order valence-electron chi connectivity index (χ3n) is 2.69. The second-order valence-corrected chi connectivity index (χ2v) is 5.55. The molecule has 0 saturated carbocycles. The van der Waals surface area contributed by atoms with Crippen molar-refractivity contribution < 1.29 is 9.53 Å². The number of H-pyrrole nitrogens is 1. The molecule has 4 nitrogen and oxygen atoms in total. The topological polar surface area (TPSA) is 54.1 Å². The minimum Gasteiger partial charge on any atom is -0.459 e. The number of esters is 1. The number of hydrogen-bond donors (Lipinski definition) is 2. The van der Waals surface area contributed by atoms with Gasteiger partial charge in [-0.15, -0.1) is 0 Å². The molecule has 19 heavy (non-hydrogen) atoms. The molecule has 0 spiro atoms. The molecule has 1 aromatic carbocycles. The van der Waals surface area contributed by atoms with Gasteiger partial charge in [0.05, 0.1) is 6.54 Å². The largest absolute Gasteiger partial charge is 0.459 e. The zero-order valence-electron chi connectivity index (χ0n) is 11.6. The molecule has 0 amide bonds. The van der Waals surface area contributed by atoms with E-state index in [1.165, 1.54) is 10.9 Å². The molecule has 1 aromatic heterocycles. The van der Waals surface area contributed by atoms with Crippen LogP contribution < -0.4 is 5.32 Å². The van der Waals surface area contributed by atoms with Gasteiger partial charge >= 0.3 is 5.97 Å². The Balaban J connectivity index is 1.89. The average molecular weight is 260 g/mol.